The van der Waals surface area contributed by atoms with Gasteiger partial charge in [0.1, 0.15) is 5.41 Å². The third-order valence-electron chi connectivity index (χ3n) is 3.39. The quantitative estimate of drug-likeness (QED) is 0.796. The minimum Gasteiger partial charge on any atom is -0.408 e. The third kappa shape index (κ3) is 1.54. The van der Waals surface area contributed by atoms with Gasteiger partial charge in [0.05, 0.1) is 24.8 Å². The number of aromatic nitrogens is 1. The van der Waals surface area contributed by atoms with Gasteiger partial charge in [-0.1, -0.05) is 6.07 Å². The van der Waals surface area contributed by atoms with Gasteiger partial charge in [0.25, 0.3) is 0 Å². The van der Waals surface area contributed by atoms with Gasteiger partial charge in [-0.05, 0) is 24.1 Å². The molecule has 5 nitrogen and oxygen atoms in total. The lowest BCUT2D eigenvalue weighted by atomic mass is 9.81. The number of hydrogen-bond donors (Lipinski definition) is 0. The van der Waals surface area contributed by atoms with Crippen molar-refractivity contribution >= 4 is 11.1 Å². The molecule has 0 aliphatic carbocycles. The van der Waals surface area contributed by atoms with Crippen molar-refractivity contribution in [1.29, 1.82) is 5.26 Å². The highest BCUT2D eigenvalue weighted by Crippen LogP contribution is 2.31. The highest BCUT2D eigenvalue weighted by atomic mass is 16.5. The van der Waals surface area contributed by atoms with Gasteiger partial charge < -0.3 is 9.15 Å². The van der Waals surface area contributed by atoms with Crippen molar-refractivity contribution < 1.29 is 9.15 Å². The van der Waals surface area contributed by atoms with Crippen LogP contribution in [-0.4, -0.2) is 17.8 Å². The molecule has 18 heavy (non-hydrogen) atoms. The topological polar surface area (TPSA) is 68.2 Å². The van der Waals surface area contributed by atoms with E-state index in [4.69, 9.17) is 14.4 Å². The third-order valence-corrected chi connectivity index (χ3v) is 3.39. The van der Waals surface area contributed by atoms with E-state index in [1.165, 1.54) is 4.57 Å². The molecule has 0 radical (unpaired) electrons. The fourth-order valence-electron chi connectivity index (χ4n) is 2.23. The van der Waals surface area contributed by atoms with Gasteiger partial charge in [0.2, 0.25) is 0 Å². The van der Waals surface area contributed by atoms with E-state index in [0.717, 1.165) is 11.1 Å². The largest absolute Gasteiger partial charge is 0.419 e. The molecule has 0 unspecified atom stereocenters. The number of nitrogens with zero attached hydrogens (tertiary/aromatic N) is 2. The first-order chi connectivity index (χ1) is 8.63. The lowest BCUT2D eigenvalue weighted by Crippen LogP contribution is -2.43. The van der Waals surface area contributed by atoms with Gasteiger partial charge in [-0.25, -0.2) is 4.79 Å². The number of benzene rings is 1. The van der Waals surface area contributed by atoms with Crippen LogP contribution >= 0.6 is 0 Å². The second-order valence-corrected chi connectivity index (χ2v) is 4.79. The van der Waals surface area contributed by atoms with Crippen LogP contribution < -0.4 is 5.76 Å². The second kappa shape index (κ2) is 3.72. The van der Waals surface area contributed by atoms with Gasteiger partial charge >= 0.3 is 5.76 Å². The van der Waals surface area contributed by atoms with Gasteiger partial charge in [-0.3, -0.25) is 4.57 Å². The molecule has 1 aromatic heterocycles. The molecule has 2 heterocycles. The Morgan fingerprint density at radius 2 is 2.28 bits per heavy atom. The summed E-state index contributed by atoms with van der Waals surface area (Å²) in [5.41, 5.74) is 1.94. The van der Waals surface area contributed by atoms with Crippen molar-refractivity contribution in [2.45, 2.75) is 6.42 Å². The highest BCUT2D eigenvalue weighted by molar-refractivity contribution is 5.73. The number of hydrogen-bond acceptors (Lipinski definition) is 4. The molecule has 92 valence electrons. The van der Waals surface area contributed by atoms with Gasteiger partial charge in [0.15, 0.2) is 5.58 Å². The van der Waals surface area contributed by atoms with Crippen molar-refractivity contribution in [2.24, 2.45) is 12.5 Å². The molecule has 0 bridgehead atoms. The molecule has 0 saturated carbocycles. The average Bonchev–Trinajstić information content (AvgIpc) is 2.60. The molecular formula is C13H12N2O3. The summed E-state index contributed by atoms with van der Waals surface area (Å²) in [6.07, 6.45) is 0.638. The Balaban J connectivity index is 2.01. The van der Waals surface area contributed by atoms with Crippen LogP contribution in [0.3, 0.4) is 0 Å². The normalized spacial score (nSPS) is 17.3. The monoisotopic (exact) mass is 244 g/mol. The maximum atomic E-state index is 11.4. The van der Waals surface area contributed by atoms with Crippen LogP contribution in [0.4, 0.5) is 0 Å². The second-order valence-electron chi connectivity index (χ2n) is 4.79. The van der Waals surface area contributed by atoms with Crippen LogP contribution in [0.2, 0.25) is 0 Å². The predicted molar refractivity (Wildman–Crippen MR) is 64.0 cm³/mol. The van der Waals surface area contributed by atoms with E-state index >= 15 is 0 Å². The predicted octanol–water partition coefficient (Wildman–Crippen LogP) is 1.21. The van der Waals surface area contributed by atoms with Crippen molar-refractivity contribution in [2.75, 3.05) is 13.2 Å². The summed E-state index contributed by atoms with van der Waals surface area (Å²) in [4.78, 5) is 11.4. The Bertz CT molecular complexity index is 701. The molecule has 2 aromatic rings. The number of aryl methyl sites for hydroxylation is 1. The number of ether oxygens (including phenoxy) is 1. The van der Waals surface area contributed by atoms with Gasteiger partial charge in [-0.15, -0.1) is 0 Å². The molecule has 1 aliphatic heterocycles. The fourth-order valence-corrected chi connectivity index (χ4v) is 2.23. The van der Waals surface area contributed by atoms with Crippen LogP contribution in [0.15, 0.2) is 27.4 Å². The zero-order valence-electron chi connectivity index (χ0n) is 9.97. The number of oxazole rings is 1. The minimum atomic E-state index is -0.406. The standard InChI is InChI=1S/C13H12N2O3/c1-15-10-4-9(2-3-11(10)18-12(15)16)5-13(6-14)7-17-8-13/h2-4H,5,7-8H2,1H3. The molecule has 0 amide bonds. The smallest absolute Gasteiger partial charge is 0.408 e. The van der Waals surface area contributed by atoms with E-state index in [9.17, 15) is 4.79 Å². The van der Waals surface area contributed by atoms with Gasteiger partial charge in [-0.2, -0.15) is 5.26 Å². The summed E-state index contributed by atoms with van der Waals surface area (Å²) in [5, 5.41) is 9.17. The fraction of sp³-hybridized carbons (Fsp3) is 0.385. The molecule has 5 heteroatoms. The number of fused-ring (bicyclic) bond motifs is 1. The van der Waals surface area contributed by atoms with E-state index in [1.807, 2.05) is 12.1 Å². The maximum Gasteiger partial charge on any atom is 0.419 e. The van der Waals surface area contributed by atoms with E-state index in [0.29, 0.717) is 25.2 Å². The van der Waals surface area contributed by atoms with Gasteiger partial charge in [0, 0.05) is 7.05 Å². The minimum absolute atomic E-state index is 0.371. The molecule has 1 aliphatic rings. The average molecular weight is 244 g/mol. The molecule has 1 fully saturated rings. The Kier molecular flexibility index (Phi) is 2.28. The Labute approximate surface area is 103 Å². The lowest BCUT2D eigenvalue weighted by Gasteiger charge is -2.35. The Morgan fingerprint density at radius 1 is 1.50 bits per heavy atom. The SMILES string of the molecule is Cn1c(=O)oc2ccc(CC3(C#N)COC3)cc21. The maximum absolute atomic E-state index is 11.4. The highest BCUT2D eigenvalue weighted by Gasteiger charge is 2.39. The van der Waals surface area contributed by atoms with Crippen LogP contribution in [0.25, 0.3) is 11.1 Å². The first kappa shape index (κ1) is 11.1. The van der Waals surface area contributed by atoms with Crippen molar-refractivity contribution in [3.63, 3.8) is 0 Å². The summed E-state index contributed by atoms with van der Waals surface area (Å²) in [6, 6.07) is 7.88. The Morgan fingerprint density at radius 3 is 2.89 bits per heavy atom. The lowest BCUT2D eigenvalue weighted by molar-refractivity contribution is -0.0765. The molecule has 1 aromatic carbocycles. The van der Waals surface area contributed by atoms with Crippen LogP contribution in [0, 0.1) is 16.7 Å². The van der Waals surface area contributed by atoms with E-state index in [1.54, 1.807) is 13.1 Å². The first-order valence-corrected chi connectivity index (χ1v) is 5.71. The van der Waals surface area contributed by atoms with E-state index < -0.39 is 5.41 Å². The molecule has 3 rings (SSSR count). The summed E-state index contributed by atoms with van der Waals surface area (Å²) in [7, 11) is 1.67. The van der Waals surface area contributed by atoms with Crippen molar-refractivity contribution in [1.82, 2.24) is 4.57 Å². The summed E-state index contributed by atoms with van der Waals surface area (Å²) >= 11 is 0. The number of rotatable bonds is 2. The van der Waals surface area contributed by atoms with Crippen molar-refractivity contribution in [3.8, 4) is 6.07 Å². The van der Waals surface area contributed by atoms with Crippen LogP contribution in [-0.2, 0) is 18.2 Å². The summed E-state index contributed by atoms with van der Waals surface area (Å²) in [5.74, 6) is -0.371. The van der Waals surface area contributed by atoms with E-state index in [-0.39, 0.29) is 5.76 Å². The molecule has 0 spiro atoms. The summed E-state index contributed by atoms with van der Waals surface area (Å²) in [6.45, 7) is 0.956. The Hall–Kier alpha value is -2.06. The first-order valence-electron chi connectivity index (χ1n) is 5.71. The number of nitriles is 1. The molecule has 1 saturated heterocycles. The van der Waals surface area contributed by atoms with Crippen LogP contribution in [0.5, 0.6) is 0 Å². The summed E-state index contributed by atoms with van der Waals surface area (Å²) < 4.78 is 11.7. The zero-order valence-corrected chi connectivity index (χ0v) is 9.97. The van der Waals surface area contributed by atoms with Crippen LogP contribution in [0.1, 0.15) is 5.56 Å². The molecule has 0 N–H and O–H groups in total. The van der Waals surface area contributed by atoms with Crippen molar-refractivity contribution in [3.05, 3.63) is 34.3 Å². The van der Waals surface area contributed by atoms with E-state index in [2.05, 4.69) is 6.07 Å². The molecule has 0 atom stereocenters. The molecular weight excluding hydrogens is 232 g/mol. The zero-order chi connectivity index (χ0) is 12.8.